The molecule has 1 saturated carbocycles. The molecule has 0 radical (unpaired) electrons. The van der Waals surface area contributed by atoms with Crippen molar-refractivity contribution in [2.45, 2.75) is 39.2 Å². The molecule has 0 aromatic heterocycles. The number of hydrogen-bond donors (Lipinski definition) is 1. The lowest BCUT2D eigenvalue weighted by Crippen LogP contribution is -2.47. The number of likely N-dealkylation sites (tertiary alicyclic amines) is 1. The zero-order valence-corrected chi connectivity index (χ0v) is 11.8. The van der Waals surface area contributed by atoms with E-state index in [1.54, 1.807) is 0 Å². The van der Waals surface area contributed by atoms with Crippen LogP contribution in [0.1, 0.15) is 33.1 Å². The third kappa shape index (κ3) is 3.47. The van der Waals surface area contributed by atoms with Crippen molar-refractivity contribution < 1.29 is 14.7 Å². The Labute approximate surface area is 114 Å². The number of carbonyl (C=O) groups excluding carboxylic acids is 1. The lowest BCUT2D eigenvalue weighted by Gasteiger charge is -2.35. The predicted molar refractivity (Wildman–Crippen MR) is 71.8 cm³/mol. The van der Waals surface area contributed by atoms with Gasteiger partial charge in [-0.25, -0.2) is 0 Å². The van der Waals surface area contributed by atoms with E-state index in [2.05, 4.69) is 4.90 Å². The van der Waals surface area contributed by atoms with Gasteiger partial charge in [0.1, 0.15) is 0 Å². The number of amides is 1. The van der Waals surface area contributed by atoms with Gasteiger partial charge < -0.3 is 10.0 Å². The quantitative estimate of drug-likeness (QED) is 0.809. The molecule has 0 aromatic carbocycles. The highest BCUT2D eigenvalue weighted by molar-refractivity contribution is 5.79. The standard InChI is InChI=1S/C14H24N2O3/c1-3-16(11-4-5-11)13(17)9-15-7-6-12(14(18)19)10(2)8-15/h10-12H,3-9H2,1-2H3,(H,18,19). The summed E-state index contributed by atoms with van der Waals surface area (Å²) in [6, 6.07) is 0.464. The van der Waals surface area contributed by atoms with Crippen LogP contribution < -0.4 is 0 Å². The molecule has 2 fully saturated rings. The largest absolute Gasteiger partial charge is 0.481 e. The highest BCUT2D eigenvalue weighted by Gasteiger charge is 2.35. The van der Waals surface area contributed by atoms with E-state index in [1.807, 2.05) is 18.7 Å². The molecular formula is C14H24N2O3. The molecule has 108 valence electrons. The van der Waals surface area contributed by atoms with Gasteiger partial charge >= 0.3 is 5.97 Å². The van der Waals surface area contributed by atoms with Gasteiger partial charge in [0.05, 0.1) is 12.5 Å². The summed E-state index contributed by atoms with van der Waals surface area (Å²) in [5, 5.41) is 9.09. The number of carbonyl (C=O) groups is 2. The summed E-state index contributed by atoms with van der Waals surface area (Å²) in [6.45, 7) is 6.65. The molecule has 1 amide bonds. The smallest absolute Gasteiger partial charge is 0.306 e. The average molecular weight is 268 g/mol. The van der Waals surface area contributed by atoms with Gasteiger partial charge in [0.25, 0.3) is 0 Å². The molecule has 1 aliphatic carbocycles. The lowest BCUT2D eigenvalue weighted by molar-refractivity contribution is -0.145. The van der Waals surface area contributed by atoms with Crippen molar-refractivity contribution in [2.75, 3.05) is 26.2 Å². The summed E-state index contributed by atoms with van der Waals surface area (Å²) in [7, 11) is 0. The van der Waals surface area contributed by atoms with Crippen LogP contribution in [0, 0.1) is 11.8 Å². The molecule has 2 rings (SSSR count). The molecule has 1 heterocycles. The Balaban J connectivity index is 1.83. The number of piperidine rings is 1. The van der Waals surface area contributed by atoms with Gasteiger partial charge in [-0.15, -0.1) is 0 Å². The molecule has 0 spiro atoms. The maximum absolute atomic E-state index is 12.2. The maximum Gasteiger partial charge on any atom is 0.306 e. The molecule has 2 unspecified atom stereocenters. The number of carboxylic acid groups (broad SMARTS) is 1. The van der Waals surface area contributed by atoms with Gasteiger partial charge in [-0.05, 0) is 38.6 Å². The van der Waals surface area contributed by atoms with Crippen molar-refractivity contribution in [3.8, 4) is 0 Å². The second kappa shape index (κ2) is 5.90. The van der Waals surface area contributed by atoms with Crippen molar-refractivity contribution in [1.29, 1.82) is 0 Å². The van der Waals surface area contributed by atoms with Crippen LogP contribution in [0.5, 0.6) is 0 Å². The van der Waals surface area contributed by atoms with Crippen molar-refractivity contribution in [3.63, 3.8) is 0 Å². The fourth-order valence-corrected chi connectivity index (χ4v) is 3.05. The summed E-state index contributed by atoms with van der Waals surface area (Å²) in [5.41, 5.74) is 0. The van der Waals surface area contributed by atoms with Crippen LogP contribution in [0.2, 0.25) is 0 Å². The zero-order chi connectivity index (χ0) is 14.0. The minimum atomic E-state index is -0.702. The van der Waals surface area contributed by atoms with E-state index >= 15 is 0 Å². The Morgan fingerprint density at radius 2 is 2.00 bits per heavy atom. The van der Waals surface area contributed by atoms with Crippen LogP contribution in [0.25, 0.3) is 0 Å². The topological polar surface area (TPSA) is 60.9 Å². The highest BCUT2D eigenvalue weighted by Crippen LogP contribution is 2.27. The molecule has 2 aliphatic rings. The Morgan fingerprint density at radius 3 is 2.47 bits per heavy atom. The summed E-state index contributed by atoms with van der Waals surface area (Å²) < 4.78 is 0. The van der Waals surface area contributed by atoms with E-state index in [1.165, 1.54) is 0 Å². The van der Waals surface area contributed by atoms with E-state index in [4.69, 9.17) is 5.11 Å². The number of aliphatic carboxylic acids is 1. The Hall–Kier alpha value is -1.10. The summed E-state index contributed by atoms with van der Waals surface area (Å²) in [5.74, 6) is -0.635. The summed E-state index contributed by atoms with van der Waals surface area (Å²) in [6.07, 6.45) is 2.92. The third-order valence-corrected chi connectivity index (χ3v) is 4.31. The van der Waals surface area contributed by atoms with E-state index in [0.29, 0.717) is 25.6 Å². The molecule has 1 aliphatic heterocycles. The van der Waals surface area contributed by atoms with E-state index in [-0.39, 0.29) is 17.7 Å². The van der Waals surface area contributed by atoms with E-state index in [9.17, 15) is 9.59 Å². The maximum atomic E-state index is 12.2. The van der Waals surface area contributed by atoms with E-state index in [0.717, 1.165) is 25.9 Å². The summed E-state index contributed by atoms with van der Waals surface area (Å²) in [4.78, 5) is 27.3. The second-order valence-electron chi connectivity index (χ2n) is 5.86. The minimum Gasteiger partial charge on any atom is -0.481 e. The van der Waals surface area contributed by atoms with Crippen LogP contribution in [0.15, 0.2) is 0 Å². The Bertz CT molecular complexity index is 355. The number of nitrogens with zero attached hydrogens (tertiary/aromatic N) is 2. The van der Waals surface area contributed by atoms with Gasteiger partial charge in [0, 0.05) is 19.1 Å². The van der Waals surface area contributed by atoms with Crippen LogP contribution in [0.3, 0.4) is 0 Å². The Morgan fingerprint density at radius 1 is 1.32 bits per heavy atom. The second-order valence-corrected chi connectivity index (χ2v) is 5.86. The van der Waals surface area contributed by atoms with Crippen LogP contribution in [-0.2, 0) is 9.59 Å². The van der Waals surface area contributed by atoms with Crippen molar-refractivity contribution in [3.05, 3.63) is 0 Å². The average Bonchev–Trinajstić information content (AvgIpc) is 3.14. The molecule has 5 nitrogen and oxygen atoms in total. The Kier molecular flexibility index (Phi) is 4.45. The first kappa shape index (κ1) is 14.3. The monoisotopic (exact) mass is 268 g/mol. The first-order valence-electron chi connectivity index (χ1n) is 7.27. The SMILES string of the molecule is CCN(C(=O)CN1CCC(C(=O)O)C(C)C1)C1CC1. The van der Waals surface area contributed by atoms with Crippen LogP contribution in [0.4, 0.5) is 0 Å². The van der Waals surface area contributed by atoms with Crippen LogP contribution >= 0.6 is 0 Å². The number of rotatable bonds is 5. The number of carboxylic acids is 1. The number of likely N-dealkylation sites (N-methyl/N-ethyl adjacent to an activating group) is 1. The van der Waals surface area contributed by atoms with Crippen LogP contribution in [-0.4, -0.2) is 59.0 Å². The van der Waals surface area contributed by atoms with E-state index < -0.39 is 5.97 Å². The predicted octanol–water partition coefficient (Wildman–Crippen LogP) is 1.04. The fourth-order valence-electron chi connectivity index (χ4n) is 3.05. The van der Waals surface area contributed by atoms with Crippen molar-refractivity contribution >= 4 is 11.9 Å². The van der Waals surface area contributed by atoms with Gasteiger partial charge in [-0.3, -0.25) is 14.5 Å². The molecule has 0 aromatic rings. The van der Waals surface area contributed by atoms with Gasteiger partial charge in [-0.1, -0.05) is 6.92 Å². The third-order valence-electron chi connectivity index (χ3n) is 4.31. The molecule has 19 heavy (non-hydrogen) atoms. The fraction of sp³-hybridized carbons (Fsp3) is 0.857. The van der Waals surface area contributed by atoms with Crippen molar-refractivity contribution in [1.82, 2.24) is 9.80 Å². The summed E-state index contributed by atoms with van der Waals surface area (Å²) >= 11 is 0. The highest BCUT2D eigenvalue weighted by atomic mass is 16.4. The van der Waals surface area contributed by atoms with Crippen molar-refractivity contribution in [2.24, 2.45) is 11.8 Å². The first-order chi connectivity index (χ1) is 9.02. The number of hydrogen-bond acceptors (Lipinski definition) is 3. The lowest BCUT2D eigenvalue weighted by atomic mass is 9.87. The molecule has 0 bridgehead atoms. The van der Waals surface area contributed by atoms with Gasteiger partial charge in [-0.2, -0.15) is 0 Å². The van der Waals surface area contributed by atoms with Gasteiger partial charge in [0.2, 0.25) is 5.91 Å². The first-order valence-corrected chi connectivity index (χ1v) is 7.27. The molecule has 2 atom stereocenters. The minimum absolute atomic E-state index is 0.120. The molecule has 1 saturated heterocycles. The normalized spacial score (nSPS) is 28.1. The molecule has 1 N–H and O–H groups in total. The van der Waals surface area contributed by atoms with Gasteiger partial charge in [0.15, 0.2) is 0 Å². The molecule has 5 heteroatoms. The molecular weight excluding hydrogens is 244 g/mol. The zero-order valence-electron chi connectivity index (χ0n) is 11.8.